The molecule has 0 saturated carbocycles. The number of hydrogen-bond acceptors (Lipinski definition) is 4. The summed E-state index contributed by atoms with van der Waals surface area (Å²) >= 11 is 0. The monoisotopic (exact) mass is 335 g/mol. The van der Waals surface area contributed by atoms with E-state index in [9.17, 15) is 9.59 Å². The van der Waals surface area contributed by atoms with Crippen LogP contribution < -0.4 is 0 Å². The van der Waals surface area contributed by atoms with E-state index in [1.165, 1.54) is 7.11 Å². The quantitative estimate of drug-likeness (QED) is 0.788. The fourth-order valence-corrected chi connectivity index (χ4v) is 3.67. The average molecular weight is 335 g/mol. The van der Waals surface area contributed by atoms with E-state index in [0.717, 1.165) is 17.0 Å². The Labute approximate surface area is 144 Å². The Morgan fingerprint density at radius 2 is 2.04 bits per heavy atom. The van der Waals surface area contributed by atoms with Crippen LogP contribution in [0.25, 0.3) is 0 Å². The van der Waals surface area contributed by atoms with Crippen molar-refractivity contribution in [3.8, 4) is 0 Å². The van der Waals surface area contributed by atoms with E-state index >= 15 is 0 Å². The van der Waals surface area contributed by atoms with Gasteiger partial charge in [0.25, 0.3) is 0 Å². The van der Waals surface area contributed by atoms with Gasteiger partial charge in [-0.25, -0.2) is 0 Å². The number of nitrogens with zero attached hydrogens (tertiary/aromatic N) is 3. The molecule has 134 valence electrons. The summed E-state index contributed by atoms with van der Waals surface area (Å²) in [7, 11) is 3.35. The zero-order valence-corrected chi connectivity index (χ0v) is 15.6. The molecule has 0 radical (unpaired) electrons. The van der Waals surface area contributed by atoms with Gasteiger partial charge in [-0.15, -0.1) is 0 Å². The molecule has 0 aliphatic carbocycles. The Morgan fingerprint density at radius 1 is 1.38 bits per heavy atom. The molecule has 6 nitrogen and oxygen atoms in total. The van der Waals surface area contributed by atoms with E-state index < -0.39 is 0 Å². The minimum absolute atomic E-state index is 0.0894. The van der Waals surface area contributed by atoms with Crippen LogP contribution in [0, 0.1) is 31.6 Å². The maximum atomic E-state index is 12.8. The molecule has 0 aromatic carbocycles. The minimum atomic E-state index is -0.163. The van der Waals surface area contributed by atoms with Crippen LogP contribution in [0.3, 0.4) is 0 Å². The summed E-state index contributed by atoms with van der Waals surface area (Å²) in [6.45, 7) is 9.26. The Bertz CT molecular complexity index is 623. The number of carbonyl (C=O) groups excluding carboxylic acids is 2. The second-order valence-electron chi connectivity index (χ2n) is 7.06. The van der Waals surface area contributed by atoms with E-state index in [-0.39, 0.29) is 29.6 Å². The molecule has 1 aromatic heterocycles. The van der Waals surface area contributed by atoms with Gasteiger partial charge in [0.15, 0.2) is 0 Å². The number of hydrogen-bond donors (Lipinski definition) is 0. The van der Waals surface area contributed by atoms with Gasteiger partial charge in [-0.05, 0) is 38.2 Å². The van der Waals surface area contributed by atoms with Gasteiger partial charge in [0.2, 0.25) is 5.91 Å². The zero-order valence-electron chi connectivity index (χ0n) is 15.6. The lowest BCUT2D eigenvalue weighted by Crippen LogP contribution is -2.47. The normalized spacial score (nSPS) is 22.3. The van der Waals surface area contributed by atoms with Gasteiger partial charge in [0, 0.05) is 31.7 Å². The zero-order chi connectivity index (χ0) is 18.0. The number of ether oxygens (including phenoxy) is 1. The first-order chi connectivity index (χ1) is 11.3. The molecule has 0 N–H and O–H groups in total. The van der Waals surface area contributed by atoms with Gasteiger partial charge in [0.1, 0.15) is 0 Å². The summed E-state index contributed by atoms with van der Waals surface area (Å²) in [6.07, 6.45) is 1.38. The van der Waals surface area contributed by atoms with Crippen LogP contribution in [0.4, 0.5) is 0 Å². The number of carbonyl (C=O) groups is 2. The van der Waals surface area contributed by atoms with Crippen molar-refractivity contribution in [2.24, 2.45) is 24.8 Å². The lowest BCUT2D eigenvalue weighted by Gasteiger charge is -2.36. The molecule has 1 amide bonds. The van der Waals surface area contributed by atoms with E-state index in [2.05, 4.69) is 5.10 Å². The average Bonchev–Trinajstić information content (AvgIpc) is 2.79. The minimum Gasteiger partial charge on any atom is -0.469 e. The van der Waals surface area contributed by atoms with E-state index in [0.29, 0.717) is 25.9 Å². The molecule has 1 aliphatic rings. The number of aryl methyl sites for hydroxylation is 2. The molecule has 0 unspecified atom stereocenters. The van der Waals surface area contributed by atoms with Gasteiger partial charge < -0.3 is 9.64 Å². The Morgan fingerprint density at radius 3 is 2.54 bits per heavy atom. The van der Waals surface area contributed by atoms with Crippen molar-refractivity contribution in [1.29, 1.82) is 0 Å². The van der Waals surface area contributed by atoms with E-state index in [1.54, 1.807) is 0 Å². The van der Waals surface area contributed by atoms with Gasteiger partial charge in [-0.3, -0.25) is 14.3 Å². The molecule has 1 fully saturated rings. The highest BCUT2D eigenvalue weighted by molar-refractivity contribution is 5.79. The summed E-state index contributed by atoms with van der Waals surface area (Å²) in [4.78, 5) is 26.5. The van der Waals surface area contributed by atoms with Crippen molar-refractivity contribution in [3.63, 3.8) is 0 Å². The van der Waals surface area contributed by atoms with Gasteiger partial charge >= 0.3 is 5.97 Å². The maximum Gasteiger partial charge on any atom is 0.309 e. The van der Waals surface area contributed by atoms with Gasteiger partial charge in [-0.1, -0.05) is 13.8 Å². The van der Waals surface area contributed by atoms with E-state index in [4.69, 9.17) is 4.74 Å². The van der Waals surface area contributed by atoms with Crippen molar-refractivity contribution in [2.75, 3.05) is 20.2 Å². The first-order valence-corrected chi connectivity index (χ1v) is 8.61. The number of aromatic nitrogens is 2. The topological polar surface area (TPSA) is 64.4 Å². The second kappa shape index (κ2) is 7.36. The smallest absolute Gasteiger partial charge is 0.309 e. The summed E-state index contributed by atoms with van der Waals surface area (Å²) in [6, 6.07) is 0. The molecule has 0 spiro atoms. The van der Waals surface area contributed by atoms with Gasteiger partial charge in [0.05, 0.1) is 18.7 Å². The standard InChI is InChI=1S/C18H29N3O3/c1-11(9-16-13(3)19-20(5)14(16)4)17(22)21-8-7-15(12(2)10-21)18(23)24-6/h11-12,15H,7-10H2,1-6H3/t11-,12-,15-/m1/s1. The SMILES string of the molecule is COC(=O)[C@@H]1CCN(C(=O)[C@H](C)Cc2c(C)nn(C)c2C)C[C@H]1C. The third-order valence-electron chi connectivity index (χ3n) is 5.31. The van der Waals surface area contributed by atoms with Crippen LogP contribution in [-0.2, 0) is 27.8 Å². The van der Waals surface area contributed by atoms with Crippen LogP contribution in [-0.4, -0.2) is 46.8 Å². The van der Waals surface area contributed by atoms with Crippen LogP contribution >= 0.6 is 0 Å². The molecule has 2 heterocycles. The fraction of sp³-hybridized carbons (Fsp3) is 0.722. The highest BCUT2D eigenvalue weighted by atomic mass is 16.5. The summed E-state index contributed by atoms with van der Waals surface area (Å²) < 4.78 is 6.73. The van der Waals surface area contributed by atoms with Crippen molar-refractivity contribution in [1.82, 2.24) is 14.7 Å². The molecular weight excluding hydrogens is 306 g/mol. The van der Waals surface area contributed by atoms with Crippen molar-refractivity contribution < 1.29 is 14.3 Å². The summed E-state index contributed by atoms with van der Waals surface area (Å²) in [5.74, 6) is -0.0630. The van der Waals surface area contributed by atoms with E-state index in [1.807, 2.05) is 44.3 Å². The van der Waals surface area contributed by atoms with Gasteiger partial charge in [-0.2, -0.15) is 5.10 Å². The second-order valence-corrected chi connectivity index (χ2v) is 7.06. The largest absolute Gasteiger partial charge is 0.469 e. The molecule has 2 rings (SSSR count). The first kappa shape index (κ1) is 18.5. The lowest BCUT2D eigenvalue weighted by atomic mass is 9.86. The molecule has 3 atom stereocenters. The van der Waals surface area contributed by atoms with Crippen molar-refractivity contribution in [2.45, 2.75) is 40.5 Å². The number of piperidine rings is 1. The molecule has 24 heavy (non-hydrogen) atoms. The number of esters is 1. The highest BCUT2D eigenvalue weighted by Crippen LogP contribution is 2.26. The molecule has 1 aliphatic heterocycles. The Kier molecular flexibility index (Phi) is 5.67. The van der Waals surface area contributed by atoms with Crippen molar-refractivity contribution >= 4 is 11.9 Å². The Hall–Kier alpha value is -1.85. The highest BCUT2D eigenvalue weighted by Gasteiger charge is 2.35. The van der Waals surface area contributed by atoms with Crippen LogP contribution in [0.5, 0.6) is 0 Å². The maximum absolute atomic E-state index is 12.8. The van der Waals surface area contributed by atoms with Crippen molar-refractivity contribution in [3.05, 3.63) is 17.0 Å². The van der Waals surface area contributed by atoms with Crippen LogP contribution in [0.1, 0.15) is 37.2 Å². The first-order valence-electron chi connectivity index (χ1n) is 8.61. The van der Waals surface area contributed by atoms with Crippen LogP contribution in [0.15, 0.2) is 0 Å². The lowest BCUT2D eigenvalue weighted by molar-refractivity contribution is -0.152. The molecule has 6 heteroatoms. The number of methoxy groups -OCH3 is 1. The number of rotatable bonds is 4. The number of amides is 1. The summed E-state index contributed by atoms with van der Waals surface area (Å²) in [5, 5.41) is 4.43. The third-order valence-corrected chi connectivity index (χ3v) is 5.31. The third kappa shape index (κ3) is 3.62. The predicted molar refractivity (Wildman–Crippen MR) is 91.4 cm³/mol. The van der Waals surface area contributed by atoms with Crippen LogP contribution in [0.2, 0.25) is 0 Å². The fourth-order valence-electron chi connectivity index (χ4n) is 3.67. The number of likely N-dealkylation sites (tertiary alicyclic amines) is 1. The Balaban J connectivity index is 2.00. The molecule has 0 bridgehead atoms. The summed E-state index contributed by atoms with van der Waals surface area (Å²) in [5.41, 5.74) is 3.27. The molecular formula is C18H29N3O3. The molecule has 1 aromatic rings. The predicted octanol–water partition coefficient (Wildman–Crippen LogP) is 1.87. The molecule has 1 saturated heterocycles.